The van der Waals surface area contributed by atoms with E-state index in [1.807, 2.05) is 0 Å². The van der Waals surface area contributed by atoms with E-state index in [0.717, 1.165) is 6.07 Å². The molecule has 0 saturated heterocycles. The second-order valence-electron chi connectivity index (χ2n) is 5.50. The van der Waals surface area contributed by atoms with E-state index in [1.165, 1.54) is 18.9 Å². The van der Waals surface area contributed by atoms with Gasteiger partial charge in [-0.15, -0.1) is 0 Å². The third-order valence-corrected chi connectivity index (χ3v) is 3.66. The summed E-state index contributed by atoms with van der Waals surface area (Å²) in [6.07, 6.45) is -1.94. The Balaban J connectivity index is 2.09. The second kappa shape index (κ2) is 4.57. The molecule has 0 aliphatic heterocycles. The van der Waals surface area contributed by atoms with Crippen molar-refractivity contribution in [2.45, 2.75) is 44.9 Å². The summed E-state index contributed by atoms with van der Waals surface area (Å²) in [5, 5.41) is 3.25. The largest absolute Gasteiger partial charge is 0.416 e. The molecule has 1 nitrogen and oxygen atoms in total. The van der Waals surface area contributed by atoms with Crippen molar-refractivity contribution in [1.29, 1.82) is 0 Å². The molecule has 100 valence electrons. The van der Waals surface area contributed by atoms with Gasteiger partial charge in [0.1, 0.15) is 0 Å². The quantitative estimate of drug-likeness (QED) is 0.860. The van der Waals surface area contributed by atoms with Crippen LogP contribution in [0.15, 0.2) is 24.3 Å². The first-order chi connectivity index (χ1) is 8.31. The first-order valence-corrected chi connectivity index (χ1v) is 6.21. The molecule has 1 N–H and O–H groups in total. The van der Waals surface area contributed by atoms with E-state index in [2.05, 4.69) is 19.2 Å². The second-order valence-corrected chi connectivity index (χ2v) is 5.50. The van der Waals surface area contributed by atoms with Gasteiger partial charge in [0.15, 0.2) is 0 Å². The highest BCUT2D eigenvalue weighted by Gasteiger charge is 2.38. The molecule has 1 aliphatic rings. The smallest absolute Gasteiger partial charge is 0.307 e. The number of alkyl halides is 3. The summed E-state index contributed by atoms with van der Waals surface area (Å²) in [5.74, 6) is 0.593. The predicted octanol–water partition coefficient (Wildman–Crippen LogP) is 3.98. The van der Waals surface area contributed by atoms with E-state index in [-0.39, 0.29) is 12.1 Å². The van der Waals surface area contributed by atoms with Crippen LogP contribution in [0.1, 0.15) is 37.8 Å². The van der Waals surface area contributed by atoms with Crippen molar-refractivity contribution in [3.63, 3.8) is 0 Å². The van der Waals surface area contributed by atoms with E-state index < -0.39 is 11.7 Å². The molecule has 0 radical (unpaired) electrons. The Morgan fingerprint density at radius 1 is 1.17 bits per heavy atom. The fourth-order valence-corrected chi connectivity index (χ4v) is 2.22. The summed E-state index contributed by atoms with van der Waals surface area (Å²) >= 11 is 0. The Labute approximate surface area is 105 Å². The molecule has 1 saturated carbocycles. The molecule has 0 amide bonds. The molecule has 0 atom stereocenters. The molecule has 1 aliphatic carbocycles. The van der Waals surface area contributed by atoms with Gasteiger partial charge >= 0.3 is 6.18 Å². The van der Waals surface area contributed by atoms with Crippen LogP contribution in [0.5, 0.6) is 0 Å². The zero-order valence-electron chi connectivity index (χ0n) is 10.6. The summed E-state index contributed by atoms with van der Waals surface area (Å²) in [6, 6.07) is 5.76. The molecule has 0 spiro atoms. The topological polar surface area (TPSA) is 12.0 Å². The number of rotatable bonds is 4. The lowest BCUT2D eigenvalue weighted by atomic mass is 9.97. The van der Waals surface area contributed by atoms with E-state index in [9.17, 15) is 13.2 Å². The lowest BCUT2D eigenvalue weighted by Crippen LogP contribution is -2.41. The van der Waals surface area contributed by atoms with Crippen LogP contribution in [0.3, 0.4) is 0 Å². The van der Waals surface area contributed by atoms with Gasteiger partial charge in [0.25, 0.3) is 0 Å². The van der Waals surface area contributed by atoms with Crippen molar-refractivity contribution in [2.24, 2.45) is 5.92 Å². The van der Waals surface area contributed by atoms with Crippen molar-refractivity contribution < 1.29 is 13.2 Å². The zero-order valence-corrected chi connectivity index (χ0v) is 10.6. The average molecular weight is 257 g/mol. The number of benzene rings is 1. The highest BCUT2D eigenvalue weighted by Crippen LogP contribution is 2.39. The molecule has 2 rings (SSSR count). The van der Waals surface area contributed by atoms with E-state index in [0.29, 0.717) is 11.5 Å². The van der Waals surface area contributed by atoms with Crippen LogP contribution in [-0.4, -0.2) is 5.54 Å². The van der Waals surface area contributed by atoms with Gasteiger partial charge in [-0.3, -0.25) is 0 Å². The van der Waals surface area contributed by atoms with Gasteiger partial charge in [0.2, 0.25) is 0 Å². The summed E-state index contributed by atoms with van der Waals surface area (Å²) in [5.41, 5.74) is -0.304. The number of hydrogen-bond acceptors (Lipinski definition) is 1. The highest BCUT2D eigenvalue weighted by atomic mass is 19.4. The standard InChI is InChI=1S/C14H18F3N/c1-13(2,11-7-8-11)18-9-10-5-3-4-6-12(10)14(15,16)17/h3-6,11,18H,7-9H2,1-2H3. The Morgan fingerprint density at radius 3 is 2.33 bits per heavy atom. The Morgan fingerprint density at radius 2 is 1.78 bits per heavy atom. The maximum absolute atomic E-state index is 12.8. The molecule has 0 aromatic heterocycles. The minimum absolute atomic E-state index is 0.0846. The van der Waals surface area contributed by atoms with E-state index >= 15 is 0 Å². The Bertz CT molecular complexity index is 419. The molecule has 4 heteroatoms. The molecule has 1 aromatic carbocycles. The van der Waals surface area contributed by atoms with Crippen LogP contribution < -0.4 is 5.32 Å². The SMILES string of the molecule is CC(C)(NCc1ccccc1C(F)(F)F)C1CC1. The summed E-state index contributed by atoms with van der Waals surface area (Å²) in [6.45, 7) is 4.38. The van der Waals surface area contributed by atoms with E-state index in [1.54, 1.807) is 12.1 Å². The minimum Gasteiger partial charge on any atom is -0.307 e. The highest BCUT2D eigenvalue weighted by molar-refractivity contribution is 5.29. The van der Waals surface area contributed by atoms with Crippen LogP contribution in [0.25, 0.3) is 0 Å². The van der Waals surface area contributed by atoms with Gasteiger partial charge in [0.05, 0.1) is 5.56 Å². The van der Waals surface area contributed by atoms with Crippen LogP contribution in [0.4, 0.5) is 13.2 Å². The normalized spacial score (nSPS) is 16.9. The molecular formula is C14H18F3N. The third-order valence-electron chi connectivity index (χ3n) is 3.66. The predicted molar refractivity (Wildman–Crippen MR) is 65.1 cm³/mol. The van der Waals surface area contributed by atoms with Crippen molar-refractivity contribution in [1.82, 2.24) is 5.32 Å². The van der Waals surface area contributed by atoms with Gasteiger partial charge in [-0.2, -0.15) is 13.2 Å². The van der Waals surface area contributed by atoms with Gasteiger partial charge in [-0.05, 0) is 44.2 Å². The van der Waals surface area contributed by atoms with Crippen molar-refractivity contribution in [3.05, 3.63) is 35.4 Å². The fourth-order valence-electron chi connectivity index (χ4n) is 2.22. The lowest BCUT2D eigenvalue weighted by Gasteiger charge is -2.27. The molecular weight excluding hydrogens is 239 g/mol. The van der Waals surface area contributed by atoms with Crippen LogP contribution >= 0.6 is 0 Å². The van der Waals surface area contributed by atoms with Gasteiger partial charge in [0, 0.05) is 12.1 Å². The van der Waals surface area contributed by atoms with E-state index in [4.69, 9.17) is 0 Å². The summed E-state index contributed by atoms with van der Waals surface area (Å²) in [7, 11) is 0. The fraction of sp³-hybridized carbons (Fsp3) is 0.571. The number of hydrogen-bond donors (Lipinski definition) is 1. The van der Waals surface area contributed by atoms with Crippen molar-refractivity contribution >= 4 is 0 Å². The van der Waals surface area contributed by atoms with Crippen LogP contribution in [0, 0.1) is 5.92 Å². The van der Waals surface area contributed by atoms with Gasteiger partial charge in [-0.25, -0.2) is 0 Å². The van der Waals surface area contributed by atoms with Crippen molar-refractivity contribution in [2.75, 3.05) is 0 Å². The van der Waals surface area contributed by atoms with Crippen LogP contribution in [0.2, 0.25) is 0 Å². The van der Waals surface area contributed by atoms with Gasteiger partial charge in [-0.1, -0.05) is 18.2 Å². The van der Waals surface area contributed by atoms with Gasteiger partial charge < -0.3 is 5.32 Å². The van der Waals surface area contributed by atoms with Crippen LogP contribution in [-0.2, 0) is 12.7 Å². The number of halogens is 3. The third kappa shape index (κ3) is 3.05. The summed E-state index contributed by atoms with van der Waals surface area (Å²) < 4.78 is 38.4. The maximum Gasteiger partial charge on any atom is 0.416 e. The lowest BCUT2D eigenvalue weighted by molar-refractivity contribution is -0.138. The molecule has 1 fully saturated rings. The Hall–Kier alpha value is -1.03. The summed E-state index contributed by atoms with van der Waals surface area (Å²) in [4.78, 5) is 0. The Kier molecular flexibility index (Phi) is 3.41. The maximum atomic E-state index is 12.8. The number of nitrogens with one attached hydrogen (secondary N) is 1. The van der Waals surface area contributed by atoms with Crippen molar-refractivity contribution in [3.8, 4) is 0 Å². The monoisotopic (exact) mass is 257 g/mol. The zero-order chi connectivity index (χ0) is 13.4. The molecule has 0 unspecified atom stereocenters. The molecule has 0 heterocycles. The molecule has 18 heavy (non-hydrogen) atoms. The molecule has 1 aromatic rings. The average Bonchev–Trinajstić information content (AvgIpc) is 3.09. The minimum atomic E-state index is -4.28. The first kappa shape index (κ1) is 13.4. The molecule has 0 bridgehead atoms. The first-order valence-electron chi connectivity index (χ1n) is 6.21.